The Bertz CT molecular complexity index is 1310. The highest BCUT2D eigenvalue weighted by atomic mass is 79.9. The monoisotopic (exact) mass is 520 g/mol. The minimum atomic E-state index is -0.238. The minimum absolute atomic E-state index is 0.0141. The molecular formula is C27H26BrFN4O. The Labute approximate surface area is 206 Å². The van der Waals surface area contributed by atoms with Crippen molar-refractivity contribution in [3.63, 3.8) is 0 Å². The first-order chi connectivity index (χ1) is 16.6. The molecule has 1 aliphatic heterocycles. The van der Waals surface area contributed by atoms with E-state index in [9.17, 15) is 9.18 Å². The van der Waals surface area contributed by atoms with Crippen molar-refractivity contribution in [3.05, 3.63) is 94.2 Å². The predicted molar refractivity (Wildman–Crippen MR) is 136 cm³/mol. The maximum absolute atomic E-state index is 13.8. The lowest BCUT2D eigenvalue weighted by Crippen LogP contribution is -2.41. The SMILES string of the molecule is O=C(NCc1ccccc1Br)C1CCN(c2nc3ccccc3n2Cc2cccc(F)c2)CC1. The van der Waals surface area contributed by atoms with Crippen molar-refractivity contribution in [2.45, 2.75) is 25.9 Å². The molecule has 1 saturated heterocycles. The van der Waals surface area contributed by atoms with Gasteiger partial charge in [0.15, 0.2) is 0 Å². The molecule has 0 spiro atoms. The lowest BCUT2D eigenvalue weighted by atomic mass is 9.96. The van der Waals surface area contributed by atoms with Crippen LogP contribution in [0.25, 0.3) is 11.0 Å². The zero-order chi connectivity index (χ0) is 23.5. The first-order valence-corrected chi connectivity index (χ1v) is 12.3. The van der Waals surface area contributed by atoms with E-state index in [4.69, 9.17) is 4.98 Å². The molecule has 1 aromatic heterocycles. The van der Waals surface area contributed by atoms with Crippen molar-refractivity contribution in [1.29, 1.82) is 0 Å². The summed E-state index contributed by atoms with van der Waals surface area (Å²) in [4.78, 5) is 20.0. The number of hydrogen-bond donors (Lipinski definition) is 1. The Kier molecular flexibility index (Phi) is 6.63. The van der Waals surface area contributed by atoms with Gasteiger partial charge in [-0.3, -0.25) is 4.79 Å². The lowest BCUT2D eigenvalue weighted by molar-refractivity contribution is -0.125. The van der Waals surface area contributed by atoms with Gasteiger partial charge in [0.2, 0.25) is 11.9 Å². The van der Waals surface area contributed by atoms with Gasteiger partial charge in [0.05, 0.1) is 17.6 Å². The van der Waals surface area contributed by atoms with Gasteiger partial charge in [-0.05, 0) is 54.3 Å². The second kappa shape index (κ2) is 9.97. The summed E-state index contributed by atoms with van der Waals surface area (Å²) >= 11 is 3.54. The topological polar surface area (TPSA) is 50.2 Å². The highest BCUT2D eigenvalue weighted by molar-refractivity contribution is 9.10. The van der Waals surface area contributed by atoms with E-state index in [-0.39, 0.29) is 17.6 Å². The molecule has 0 aliphatic carbocycles. The minimum Gasteiger partial charge on any atom is -0.352 e. The number of rotatable bonds is 6. The quantitative estimate of drug-likeness (QED) is 0.364. The number of imidazole rings is 1. The van der Waals surface area contributed by atoms with Gasteiger partial charge in [0.1, 0.15) is 5.82 Å². The normalized spacial score (nSPS) is 14.5. The number of nitrogens with one attached hydrogen (secondary N) is 1. The number of carbonyl (C=O) groups is 1. The van der Waals surface area contributed by atoms with Crippen LogP contribution in [0.5, 0.6) is 0 Å². The number of amides is 1. The number of hydrogen-bond acceptors (Lipinski definition) is 3. The first kappa shape index (κ1) is 22.6. The Morgan fingerprint density at radius 3 is 2.59 bits per heavy atom. The van der Waals surface area contributed by atoms with Crippen LogP contribution in [0.15, 0.2) is 77.3 Å². The molecule has 0 bridgehead atoms. The summed E-state index contributed by atoms with van der Waals surface area (Å²) in [6.45, 7) is 2.56. The van der Waals surface area contributed by atoms with Crippen molar-refractivity contribution in [3.8, 4) is 0 Å². The fraction of sp³-hybridized carbons (Fsp3) is 0.259. The maximum Gasteiger partial charge on any atom is 0.223 e. The van der Waals surface area contributed by atoms with Crippen LogP contribution < -0.4 is 10.2 Å². The van der Waals surface area contributed by atoms with E-state index in [1.807, 2.05) is 54.6 Å². The van der Waals surface area contributed by atoms with Crippen LogP contribution in [0.2, 0.25) is 0 Å². The van der Waals surface area contributed by atoms with Crippen molar-refractivity contribution >= 4 is 38.8 Å². The predicted octanol–water partition coefficient (Wildman–Crippen LogP) is 5.52. The molecule has 5 nitrogen and oxygen atoms in total. The number of para-hydroxylation sites is 2. The summed E-state index contributed by atoms with van der Waals surface area (Å²) in [5.41, 5.74) is 3.90. The summed E-state index contributed by atoms with van der Waals surface area (Å²) in [7, 11) is 0. The molecule has 174 valence electrons. The van der Waals surface area contributed by atoms with Gasteiger partial charge in [-0.1, -0.05) is 58.4 Å². The molecule has 5 rings (SSSR count). The third-order valence-electron chi connectivity index (χ3n) is 6.42. The standard InChI is InChI=1S/C27H26BrFN4O/c28-23-9-2-1-7-21(23)17-30-26(34)20-12-14-32(15-13-20)27-31-24-10-3-4-11-25(24)33(27)18-19-6-5-8-22(29)16-19/h1-11,16,20H,12-15,17-18H2,(H,30,34). The van der Waals surface area contributed by atoms with Crippen LogP contribution in [-0.2, 0) is 17.9 Å². The van der Waals surface area contributed by atoms with Gasteiger partial charge < -0.3 is 14.8 Å². The number of fused-ring (bicyclic) bond motifs is 1. The molecule has 2 heterocycles. The molecule has 1 N–H and O–H groups in total. The second-order valence-electron chi connectivity index (χ2n) is 8.69. The van der Waals surface area contributed by atoms with Gasteiger partial charge >= 0.3 is 0 Å². The van der Waals surface area contributed by atoms with E-state index in [0.717, 1.165) is 58.5 Å². The summed E-state index contributed by atoms with van der Waals surface area (Å²) in [5.74, 6) is 0.721. The van der Waals surface area contributed by atoms with Crippen molar-refractivity contribution in [1.82, 2.24) is 14.9 Å². The Hall–Kier alpha value is -3.19. The molecule has 0 unspecified atom stereocenters. The van der Waals surface area contributed by atoms with Crippen LogP contribution in [-0.4, -0.2) is 28.5 Å². The Balaban J connectivity index is 1.29. The van der Waals surface area contributed by atoms with Crippen LogP contribution >= 0.6 is 15.9 Å². The molecule has 1 amide bonds. The average Bonchev–Trinajstić information content (AvgIpc) is 3.22. The molecule has 4 aromatic rings. The molecule has 34 heavy (non-hydrogen) atoms. The number of halogens is 2. The highest BCUT2D eigenvalue weighted by Gasteiger charge is 2.27. The number of aromatic nitrogens is 2. The number of piperidine rings is 1. The fourth-order valence-corrected chi connectivity index (χ4v) is 5.01. The Morgan fingerprint density at radius 2 is 1.79 bits per heavy atom. The molecule has 1 aliphatic rings. The molecule has 0 atom stereocenters. The van der Waals surface area contributed by atoms with E-state index in [0.29, 0.717) is 13.1 Å². The maximum atomic E-state index is 13.8. The Morgan fingerprint density at radius 1 is 1.03 bits per heavy atom. The van der Waals surface area contributed by atoms with E-state index >= 15 is 0 Å². The molecule has 0 radical (unpaired) electrons. The summed E-state index contributed by atoms with van der Waals surface area (Å²) in [6.07, 6.45) is 1.54. The fourth-order valence-electron chi connectivity index (χ4n) is 4.59. The number of carbonyl (C=O) groups excluding carboxylic acids is 1. The highest BCUT2D eigenvalue weighted by Crippen LogP contribution is 2.28. The van der Waals surface area contributed by atoms with E-state index in [1.165, 1.54) is 6.07 Å². The summed E-state index contributed by atoms with van der Waals surface area (Å²) < 4.78 is 17.0. The summed E-state index contributed by atoms with van der Waals surface area (Å²) in [6, 6.07) is 22.7. The number of benzene rings is 3. The largest absolute Gasteiger partial charge is 0.352 e. The van der Waals surface area contributed by atoms with Crippen LogP contribution in [0.3, 0.4) is 0 Å². The van der Waals surface area contributed by atoms with Gasteiger partial charge in [0.25, 0.3) is 0 Å². The van der Waals surface area contributed by atoms with E-state index in [2.05, 4.69) is 30.7 Å². The average molecular weight is 521 g/mol. The van der Waals surface area contributed by atoms with Gasteiger partial charge in [-0.15, -0.1) is 0 Å². The molecule has 1 fully saturated rings. The molecule has 3 aromatic carbocycles. The summed E-state index contributed by atoms with van der Waals surface area (Å²) in [5, 5.41) is 3.09. The van der Waals surface area contributed by atoms with Gasteiger partial charge in [-0.25, -0.2) is 9.37 Å². The van der Waals surface area contributed by atoms with E-state index in [1.54, 1.807) is 12.1 Å². The van der Waals surface area contributed by atoms with Crippen LogP contribution in [0.1, 0.15) is 24.0 Å². The first-order valence-electron chi connectivity index (χ1n) is 11.5. The lowest BCUT2D eigenvalue weighted by Gasteiger charge is -2.32. The van der Waals surface area contributed by atoms with Crippen LogP contribution in [0.4, 0.5) is 10.3 Å². The molecule has 0 saturated carbocycles. The molecular weight excluding hydrogens is 495 g/mol. The van der Waals surface area contributed by atoms with Crippen molar-refractivity contribution < 1.29 is 9.18 Å². The number of nitrogens with zero attached hydrogens (tertiary/aromatic N) is 3. The van der Waals surface area contributed by atoms with Crippen LogP contribution in [0, 0.1) is 11.7 Å². The van der Waals surface area contributed by atoms with Gasteiger partial charge in [0, 0.05) is 30.0 Å². The van der Waals surface area contributed by atoms with Gasteiger partial charge in [-0.2, -0.15) is 0 Å². The van der Waals surface area contributed by atoms with Crippen molar-refractivity contribution in [2.24, 2.45) is 5.92 Å². The van der Waals surface area contributed by atoms with Crippen molar-refractivity contribution in [2.75, 3.05) is 18.0 Å². The number of anilines is 1. The third kappa shape index (κ3) is 4.85. The second-order valence-corrected chi connectivity index (χ2v) is 9.54. The molecule has 7 heteroatoms. The third-order valence-corrected chi connectivity index (χ3v) is 7.20. The smallest absolute Gasteiger partial charge is 0.223 e. The zero-order valence-corrected chi connectivity index (χ0v) is 20.3. The zero-order valence-electron chi connectivity index (χ0n) is 18.8. The van der Waals surface area contributed by atoms with E-state index < -0.39 is 0 Å².